The summed E-state index contributed by atoms with van der Waals surface area (Å²) in [5.74, 6) is -0.0111. The van der Waals surface area contributed by atoms with Gasteiger partial charge in [-0.05, 0) is 108 Å². The van der Waals surface area contributed by atoms with Gasteiger partial charge < -0.3 is 10.2 Å². The van der Waals surface area contributed by atoms with Crippen molar-refractivity contribution >= 4 is 87.5 Å². The number of hydrogen-bond donors (Lipinski definition) is 2. The van der Waals surface area contributed by atoms with Gasteiger partial charge in [-0.25, -0.2) is 9.97 Å². The van der Waals surface area contributed by atoms with Gasteiger partial charge >= 0.3 is 0 Å². The third-order valence-corrected chi connectivity index (χ3v) is 10.5. The molecule has 0 bridgehead atoms. The number of benzene rings is 6. The molecule has 12 nitrogen and oxygen atoms in total. The van der Waals surface area contributed by atoms with Gasteiger partial charge in [-0.1, -0.05) is 72.9 Å². The number of aromatic hydroxyl groups is 2. The average molecular weight is 759 g/mol. The molecule has 0 spiro atoms. The molecule has 0 unspecified atom stereocenters. The molecule has 2 aromatic heterocycles. The second-order valence-electron chi connectivity index (χ2n) is 12.8. The topological polar surface area (TPSA) is 165 Å². The van der Waals surface area contributed by atoms with Gasteiger partial charge in [0.25, 0.3) is 0 Å². The van der Waals surface area contributed by atoms with E-state index in [1.807, 2.05) is 74.5 Å². The molecule has 268 valence electrons. The van der Waals surface area contributed by atoms with Crippen LogP contribution in [-0.4, -0.2) is 20.2 Å². The van der Waals surface area contributed by atoms with Gasteiger partial charge in [-0.15, -0.1) is 30.7 Å². The Morgan fingerprint density at radius 2 is 0.800 bits per heavy atom. The molecule has 6 aromatic carbocycles. The van der Waals surface area contributed by atoms with E-state index in [4.69, 9.17) is 0 Å². The largest absolute Gasteiger partial charge is 0.506 e. The summed E-state index contributed by atoms with van der Waals surface area (Å²) in [6.45, 7) is 4.08. The average Bonchev–Trinajstić information content (AvgIpc) is 3.83. The first kappa shape index (κ1) is 35.1. The lowest BCUT2D eigenvalue weighted by Gasteiger charge is -2.26. The summed E-state index contributed by atoms with van der Waals surface area (Å²) in [5.41, 5.74) is 6.04. The van der Waals surface area contributed by atoms with Crippen molar-refractivity contribution in [3.05, 3.63) is 145 Å². The molecule has 0 aliphatic heterocycles. The lowest BCUT2D eigenvalue weighted by atomic mass is 9.78. The second kappa shape index (κ2) is 15.2. The first-order valence-corrected chi connectivity index (χ1v) is 18.7. The first-order valence-electron chi connectivity index (χ1n) is 17.0. The monoisotopic (exact) mass is 758 g/mol. The first-order chi connectivity index (χ1) is 26.8. The highest BCUT2D eigenvalue weighted by Crippen LogP contribution is 2.41. The van der Waals surface area contributed by atoms with Gasteiger partial charge in [0.1, 0.15) is 22.9 Å². The molecule has 14 heteroatoms. The summed E-state index contributed by atoms with van der Waals surface area (Å²) in [6, 6.07) is 40.4. The van der Waals surface area contributed by atoms with E-state index >= 15 is 0 Å². The van der Waals surface area contributed by atoms with E-state index in [2.05, 4.69) is 50.9 Å². The molecule has 0 saturated heterocycles. The highest BCUT2D eigenvalue weighted by Gasteiger charge is 2.25. The fourth-order valence-corrected chi connectivity index (χ4v) is 7.13. The lowest BCUT2D eigenvalue weighted by molar-refractivity contribution is 0.475. The van der Waals surface area contributed by atoms with Crippen molar-refractivity contribution < 1.29 is 10.2 Å². The van der Waals surface area contributed by atoms with Crippen LogP contribution in [0.2, 0.25) is 0 Å². The maximum absolute atomic E-state index is 10.6. The SMILES string of the molecule is CC(C)(c1ccc(O)c(N=Nc2ccc(N=Nc3nc4ccccc4s3)cc2)c1)c1ccc(O)c(N=Nc2ccc(N=Nc3nc4ccccc4s3)cc2)c1. The Kier molecular flexibility index (Phi) is 9.73. The number of azo groups is 4. The van der Waals surface area contributed by atoms with Crippen LogP contribution in [0, 0.1) is 0 Å². The van der Waals surface area contributed by atoms with Gasteiger partial charge in [0.05, 0.1) is 43.2 Å². The van der Waals surface area contributed by atoms with Crippen LogP contribution in [0.3, 0.4) is 0 Å². The van der Waals surface area contributed by atoms with Crippen LogP contribution in [0.25, 0.3) is 20.4 Å². The minimum atomic E-state index is -0.568. The highest BCUT2D eigenvalue weighted by molar-refractivity contribution is 7.22. The molecule has 2 heterocycles. The Labute approximate surface area is 322 Å². The zero-order valence-corrected chi connectivity index (χ0v) is 31.0. The van der Waals surface area contributed by atoms with E-state index in [9.17, 15) is 10.2 Å². The van der Waals surface area contributed by atoms with Crippen molar-refractivity contribution in [2.75, 3.05) is 0 Å². The fourth-order valence-electron chi connectivity index (χ4n) is 5.55. The van der Waals surface area contributed by atoms with Crippen LogP contribution in [0.15, 0.2) is 174 Å². The van der Waals surface area contributed by atoms with E-state index in [-0.39, 0.29) is 11.5 Å². The third kappa shape index (κ3) is 8.05. The summed E-state index contributed by atoms with van der Waals surface area (Å²) in [7, 11) is 0. The molecule has 8 rings (SSSR count). The number of thiazole rings is 2. The number of nitrogens with zero attached hydrogens (tertiary/aromatic N) is 10. The molecule has 2 N–H and O–H groups in total. The zero-order chi connectivity index (χ0) is 37.8. The number of phenolic OH excluding ortho intramolecular Hbond substituents is 2. The van der Waals surface area contributed by atoms with Crippen molar-refractivity contribution in [3.8, 4) is 11.5 Å². The Morgan fingerprint density at radius 3 is 1.18 bits per heavy atom. The molecule has 8 aromatic rings. The summed E-state index contributed by atoms with van der Waals surface area (Å²) in [4.78, 5) is 8.96. The van der Waals surface area contributed by atoms with Crippen LogP contribution in [0.1, 0.15) is 25.0 Å². The van der Waals surface area contributed by atoms with Crippen molar-refractivity contribution in [2.45, 2.75) is 19.3 Å². The van der Waals surface area contributed by atoms with Crippen LogP contribution >= 0.6 is 22.7 Å². The Bertz CT molecular complexity index is 2520. The zero-order valence-electron chi connectivity index (χ0n) is 29.4. The Hall–Kier alpha value is -6.90. The summed E-state index contributed by atoms with van der Waals surface area (Å²) >= 11 is 2.95. The number of para-hydroxylation sites is 2. The standard InChI is InChI=1S/C41H30N10O2S2/c1-41(2,25-11-21-35(52)33(23-25)48-44-27-13-17-29(18-14-27)46-50-39-42-31-7-3-5-9-37(31)54-39)26-12-22-36(53)34(24-26)49-45-28-15-19-30(20-16-28)47-51-40-43-32-8-4-6-10-38(32)55-40/h3-24,52-53H,1-2H3. The van der Waals surface area contributed by atoms with Crippen LogP contribution in [-0.2, 0) is 5.41 Å². The number of phenols is 2. The highest BCUT2D eigenvalue weighted by atomic mass is 32.1. The fraction of sp³-hybridized carbons (Fsp3) is 0.0732. The van der Waals surface area contributed by atoms with Gasteiger partial charge in [0.15, 0.2) is 0 Å². The Morgan fingerprint density at radius 1 is 0.436 bits per heavy atom. The van der Waals surface area contributed by atoms with Gasteiger partial charge in [0, 0.05) is 5.41 Å². The van der Waals surface area contributed by atoms with Gasteiger partial charge in [-0.2, -0.15) is 10.2 Å². The van der Waals surface area contributed by atoms with Crippen molar-refractivity contribution in [2.24, 2.45) is 40.9 Å². The molecule has 0 radical (unpaired) electrons. The third-order valence-electron chi connectivity index (χ3n) is 8.71. The molecular formula is C41H30N10O2S2. The Balaban J connectivity index is 0.939. The summed E-state index contributed by atoms with van der Waals surface area (Å²) in [5, 5.41) is 57.0. The molecule has 0 aliphatic carbocycles. The minimum Gasteiger partial charge on any atom is -0.506 e. The predicted molar refractivity (Wildman–Crippen MR) is 217 cm³/mol. The van der Waals surface area contributed by atoms with Crippen LogP contribution < -0.4 is 0 Å². The number of rotatable bonds is 10. The van der Waals surface area contributed by atoms with Crippen LogP contribution in [0.5, 0.6) is 11.5 Å². The van der Waals surface area contributed by atoms with Crippen molar-refractivity contribution in [3.63, 3.8) is 0 Å². The van der Waals surface area contributed by atoms with Crippen molar-refractivity contribution in [1.29, 1.82) is 0 Å². The van der Waals surface area contributed by atoms with E-state index in [0.717, 1.165) is 31.6 Å². The molecule has 55 heavy (non-hydrogen) atoms. The quantitative estimate of drug-likeness (QED) is 0.133. The van der Waals surface area contributed by atoms with E-state index in [0.29, 0.717) is 44.4 Å². The lowest BCUT2D eigenvalue weighted by Crippen LogP contribution is -2.18. The van der Waals surface area contributed by atoms with Crippen molar-refractivity contribution in [1.82, 2.24) is 9.97 Å². The number of fused-ring (bicyclic) bond motifs is 2. The molecular weight excluding hydrogens is 729 g/mol. The molecule has 0 fully saturated rings. The predicted octanol–water partition coefficient (Wildman–Crippen LogP) is 14.3. The maximum atomic E-state index is 10.6. The summed E-state index contributed by atoms with van der Waals surface area (Å²) in [6.07, 6.45) is 0. The second-order valence-corrected chi connectivity index (χ2v) is 14.8. The van der Waals surface area contributed by atoms with Crippen LogP contribution in [0.4, 0.5) is 44.4 Å². The number of aromatic nitrogens is 2. The van der Waals surface area contributed by atoms with E-state index in [1.54, 1.807) is 72.8 Å². The molecule has 0 atom stereocenters. The van der Waals surface area contributed by atoms with Gasteiger partial charge in [0.2, 0.25) is 10.3 Å². The smallest absolute Gasteiger partial charge is 0.231 e. The van der Waals surface area contributed by atoms with E-state index in [1.165, 1.54) is 22.7 Å². The molecule has 0 saturated carbocycles. The van der Waals surface area contributed by atoms with E-state index < -0.39 is 5.41 Å². The normalized spacial score (nSPS) is 12.4. The number of hydrogen-bond acceptors (Lipinski definition) is 14. The molecule has 0 aliphatic rings. The summed E-state index contributed by atoms with van der Waals surface area (Å²) < 4.78 is 2.11. The molecule has 0 amide bonds. The van der Waals surface area contributed by atoms with Gasteiger partial charge in [-0.3, -0.25) is 0 Å². The minimum absolute atomic E-state index is 0.00556. The maximum Gasteiger partial charge on any atom is 0.231 e.